The van der Waals surface area contributed by atoms with Gasteiger partial charge < -0.3 is 15.5 Å². The van der Waals surface area contributed by atoms with E-state index >= 15 is 0 Å². The van der Waals surface area contributed by atoms with Crippen molar-refractivity contribution in [3.05, 3.63) is 0 Å². The fourth-order valence-corrected chi connectivity index (χ4v) is 3.76. The Hall–Kier alpha value is -0.260. The fourth-order valence-electron chi connectivity index (χ4n) is 3.27. The Morgan fingerprint density at radius 1 is 1.25 bits per heavy atom. The van der Waals surface area contributed by atoms with Crippen molar-refractivity contribution in [2.45, 2.75) is 38.1 Å². The number of thioether (sulfide) groups is 1. The zero-order chi connectivity index (χ0) is 14.4. The van der Waals surface area contributed by atoms with Gasteiger partial charge in [0, 0.05) is 19.6 Å². The maximum Gasteiger partial charge on any atom is 0.239 e. The van der Waals surface area contributed by atoms with Crippen LogP contribution in [0.15, 0.2) is 0 Å². The topological polar surface area (TPSA) is 49.6 Å². The van der Waals surface area contributed by atoms with Gasteiger partial charge in [-0.25, -0.2) is 0 Å². The van der Waals surface area contributed by atoms with Crippen LogP contribution in [0.3, 0.4) is 0 Å². The van der Waals surface area contributed by atoms with Gasteiger partial charge in [-0.15, -0.1) is 0 Å². The Labute approximate surface area is 127 Å². The Balaban J connectivity index is 1.68. The average molecular weight is 299 g/mol. The van der Waals surface area contributed by atoms with Gasteiger partial charge in [0.05, 0.1) is 6.04 Å². The molecule has 2 heterocycles. The molecule has 116 valence electrons. The summed E-state index contributed by atoms with van der Waals surface area (Å²) in [6.07, 6.45) is 7.88. The summed E-state index contributed by atoms with van der Waals surface area (Å²) in [6, 6.07) is -0.294. The van der Waals surface area contributed by atoms with E-state index in [2.05, 4.69) is 11.2 Å². The van der Waals surface area contributed by atoms with Crippen LogP contribution in [0.4, 0.5) is 0 Å². The van der Waals surface area contributed by atoms with Gasteiger partial charge in [0.2, 0.25) is 5.91 Å². The Bertz CT molecular complexity index is 299. The molecule has 0 saturated carbocycles. The molecule has 4 nitrogen and oxygen atoms in total. The molecule has 0 spiro atoms. The number of likely N-dealkylation sites (tertiary alicyclic amines) is 2. The monoisotopic (exact) mass is 299 g/mol. The minimum Gasteiger partial charge on any atom is -0.341 e. The molecule has 0 unspecified atom stereocenters. The van der Waals surface area contributed by atoms with Gasteiger partial charge in [0.1, 0.15) is 0 Å². The van der Waals surface area contributed by atoms with Crippen molar-refractivity contribution in [2.24, 2.45) is 11.7 Å². The highest BCUT2D eigenvalue weighted by Crippen LogP contribution is 2.21. The van der Waals surface area contributed by atoms with Crippen LogP contribution in [0.25, 0.3) is 0 Å². The van der Waals surface area contributed by atoms with E-state index in [9.17, 15) is 4.79 Å². The Morgan fingerprint density at radius 2 is 1.90 bits per heavy atom. The van der Waals surface area contributed by atoms with E-state index in [0.29, 0.717) is 0 Å². The van der Waals surface area contributed by atoms with Crippen LogP contribution in [0.2, 0.25) is 0 Å². The molecule has 0 aromatic carbocycles. The molecule has 1 amide bonds. The quantitative estimate of drug-likeness (QED) is 0.805. The van der Waals surface area contributed by atoms with Crippen molar-refractivity contribution >= 4 is 17.7 Å². The highest BCUT2D eigenvalue weighted by atomic mass is 32.2. The summed E-state index contributed by atoms with van der Waals surface area (Å²) < 4.78 is 0. The molecule has 2 saturated heterocycles. The molecule has 2 aliphatic heterocycles. The van der Waals surface area contributed by atoms with E-state index in [1.807, 2.05) is 4.90 Å². The van der Waals surface area contributed by atoms with Crippen LogP contribution in [-0.2, 0) is 4.79 Å². The van der Waals surface area contributed by atoms with Crippen molar-refractivity contribution in [3.8, 4) is 0 Å². The van der Waals surface area contributed by atoms with Crippen LogP contribution in [0, 0.1) is 5.92 Å². The van der Waals surface area contributed by atoms with Gasteiger partial charge in [-0.3, -0.25) is 4.79 Å². The average Bonchev–Trinajstić information content (AvgIpc) is 2.97. The third-order valence-electron chi connectivity index (χ3n) is 4.59. The highest BCUT2D eigenvalue weighted by molar-refractivity contribution is 7.98. The van der Waals surface area contributed by atoms with Crippen molar-refractivity contribution < 1.29 is 4.79 Å². The van der Waals surface area contributed by atoms with Crippen LogP contribution in [0.5, 0.6) is 0 Å². The van der Waals surface area contributed by atoms with Gasteiger partial charge in [-0.1, -0.05) is 0 Å². The van der Waals surface area contributed by atoms with E-state index in [-0.39, 0.29) is 11.9 Å². The first kappa shape index (κ1) is 16.1. The van der Waals surface area contributed by atoms with Gasteiger partial charge in [-0.05, 0) is 63.1 Å². The first-order chi connectivity index (χ1) is 9.70. The number of hydrogen-bond acceptors (Lipinski definition) is 4. The Morgan fingerprint density at radius 3 is 2.50 bits per heavy atom. The molecular formula is C15H29N3OS. The van der Waals surface area contributed by atoms with Gasteiger partial charge in [0.15, 0.2) is 0 Å². The van der Waals surface area contributed by atoms with E-state index in [4.69, 9.17) is 5.73 Å². The number of nitrogens with two attached hydrogens (primary N) is 1. The summed E-state index contributed by atoms with van der Waals surface area (Å²) in [4.78, 5) is 16.8. The maximum atomic E-state index is 12.2. The summed E-state index contributed by atoms with van der Waals surface area (Å²) in [6.45, 7) is 5.60. The fraction of sp³-hybridized carbons (Fsp3) is 0.933. The molecule has 2 aliphatic rings. The molecule has 20 heavy (non-hydrogen) atoms. The number of piperidine rings is 1. The lowest BCUT2D eigenvalue weighted by molar-refractivity contribution is -0.134. The van der Waals surface area contributed by atoms with Crippen molar-refractivity contribution in [3.63, 3.8) is 0 Å². The zero-order valence-corrected chi connectivity index (χ0v) is 13.5. The number of amides is 1. The minimum absolute atomic E-state index is 0.165. The van der Waals surface area contributed by atoms with Crippen LogP contribution >= 0.6 is 11.8 Å². The van der Waals surface area contributed by atoms with Crippen LogP contribution < -0.4 is 5.73 Å². The number of rotatable bonds is 6. The zero-order valence-electron chi connectivity index (χ0n) is 12.7. The molecule has 5 heteroatoms. The molecule has 2 fully saturated rings. The molecule has 0 radical (unpaired) electrons. The predicted octanol–water partition coefficient (Wildman–Crippen LogP) is 1.40. The SMILES string of the molecule is CSCC[C@H](N)C(=O)N1CCC(CN2CCCC2)CC1. The lowest BCUT2D eigenvalue weighted by atomic mass is 9.95. The molecule has 0 aliphatic carbocycles. The molecular weight excluding hydrogens is 270 g/mol. The van der Waals surface area contributed by atoms with Gasteiger partial charge >= 0.3 is 0 Å². The minimum atomic E-state index is -0.294. The maximum absolute atomic E-state index is 12.2. The molecule has 0 aromatic rings. The number of carbonyl (C=O) groups is 1. The first-order valence-corrected chi connectivity index (χ1v) is 9.35. The molecule has 0 bridgehead atoms. The van der Waals surface area contributed by atoms with E-state index in [1.165, 1.54) is 32.5 Å². The second-order valence-corrected chi connectivity index (χ2v) is 7.15. The summed E-state index contributed by atoms with van der Waals surface area (Å²) in [5.41, 5.74) is 5.99. The van der Waals surface area contributed by atoms with Crippen LogP contribution in [-0.4, -0.2) is 66.5 Å². The number of carbonyl (C=O) groups excluding carboxylic acids is 1. The predicted molar refractivity (Wildman–Crippen MR) is 86.0 cm³/mol. The van der Waals surface area contributed by atoms with Gasteiger partial charge in [0.25, 0.3) is 0 Å². The highest BCUT2D eigenvalue weighted by Gasteiger charge is 2.27. The largest absolute Gasteiger partial charge is 0.341 e. The van der Waals surface area contributed by atoms with E-state index in [0.717, 1.165) is 44.0 Å². The Kier molecular flexibility index (Phi) is 6.65. The van der Waals surface area contributed by atoms with E-state index in [1.54, 1.807) is 11.8 Å². The van der Waals surface area contributed by atoms with Crippen molar-refractivity contribution in [1.82, 2.24) is 9.80 Å². The normalized spacial score (nSPS) is 23.2. The lowest BCUT2D eigenvalue weighted by Gasteiger charge is -2.35. The summed E-state index contributed by atoms with van der Waals surface area (Å²) in [7, 11) is 0. The smallest absolute Gasteiger partial charge is 0.239 e. The lowest BCUT2D eigenvalue weighted by Crippen LogP contribution is -2.48. The molecule has 2 N–H and O–H groups in total. The first-order valence-electron chi connectivity index (χ1n) is 7.96. The standard InChI is InChI=1S/C15H29N3OS/c1-20-11-6-14(16)15(19)18-9-4-13(5-10-18)12-17-7-2-3-8-17/h13-14H,2-12,16H2,1H3/t14-/m0/s1. The molecule has 1 atom stereocenters. The number of hydrogen-bond donors (Lipinski definition) is 1. The van der Waals surface area contributed by atoms with Crippen LogP contribution in [0.1, 0.15) is 32.1 Å². The summed E-state index contributed by atoms with van der Waals surface area (Å²) >= 11 is 1.76. The number of nitrogens with zero attached hydrogens (tertiary/aromatic N) is 2. The van der Waals surface area contributed by atoms with Crippen molar-refractivity contribution in [2.75, 3.05) is 44.7 Å². The third kappa shape index (κ3) is 4.64. The molecule has 0 aromatic heterocycles. The van der Waals surface area contributed by atoms with Crippen molar-refractivity contribution in [1.29, 1.82) is 0 Å². The second-order valence-electron chi connectivity index (χ2n) is 6.16. The summed E-state index contributed by atoms with van der Waals surface area (Å²) in [5.74, 6) is 1.91. The second kappa shape index (κ2) is 8.25. The molecule has 2 rings (SSSR count). The summed E-state index contributed by atoms with van der Waals surface area (Å²) in [5, 5.41) is 0. The van der Waals surface area contributed by atoms with E-state index < -0.39 is 0 Å². The van der Waals surface area contributed by atoms with Gasteiger partial charge in [-0.2, -0.15) is 11.8 Å². The third-order valence-corrected chi connectivity index (χ3v) is 5.24.